The minimum atomic E-state index is -1.36. The van der Waals surface area contributed by atoms with Crippen molar-refractivity contribution >= 4 is 29.1 Å². The molecule has 356 valence electrons. The first-order valence-corrected chi connectivity index (χ1v) is 23.7. The molecule has 5 aliphatic rings. The molecule has 9 rings (SSSR count). The number of amides is 1. The van der Waals surface area contributed by atoms with E-state index in [1.807, 2.05) is 63.4 Å². The van der Waals surface area contributed by atoms with Gasteiger partial charge in [-0.3, -0.25) is 9.80 Å². The number of esters is 1. The highest BCUT2D eigenvalue weighted by molar-refractivity contribution is 8.13. The van der Waals surface area contributed by atoms with E-state index in [4.69, 9.17) is 33.2 Å². The van der Waals surface area contributed by atoms with Crippen LogP contribution in [0, 0.1) is 25.2 Å². The number of aromatic hydroxyl groups is 1. The molecule has 1 saturated heterocycles. The predicted molar refractivity (Wildman–Crippen MR) is 254 cm³/mol. The average Bonchev–Trinajstić information content (AvgIpc) is 3.92. The minimum absolute atomic E-state index is 0.0388. The van der Waals surface area contributed by atoms with Crippen LogP contribution >= 0.6 is 11.8 Å². The summed E-state index contributed by atoms with van der Waals surface area (Å²) < 4.78 is 42.1. The smallest absolute Gasteiger partial charge is 0.408 e. The van der Waals surface area contributed by atoms with Gasteiger partial charge in [0.1, 0.15) is 43.3 Å². The Bertz CT molecular complexity index is 2680. The van der Waals surface area contributed by atoms with Gasteiger partial charge in [-0.2, -0.15) is 5.26 Å². The number of rotatable bonds is 12. The second-order valence-electron chi connectivity index (χ2n) is 18.8. The zero-order chi connectivity index (χ0) is 48.2. The second-order valence-corrected chi connectivity index (χ2v) is 19.7. The molecule has 2 N–H and O–H groups in total. The number of likely N-dealkylation sites (N-methyl/N-ethyl adjacent to an activating group) is 1. The molecule has 4 aromatic carbocycles. The van der Waals surface area contributed by atoms with Crippen LogP contribution < -0.4 is 24.3 Å². The fraction of sp³-hybridized carbons (Fsp3) is 0.423. The van der Waals surface area contributed by atoms with Gasteiger partial charge >= 0.3 is 17.4 Å². The lowest BCUT2D eigenvalue weighted by molar-refractivity contribution is -0.151. The number of hydrogen-bond donors (Lipinski definition) is 2. The van der Waals surface area contributed by atoms with Crippen LogP contribution in [0.5, 0.6) is 28.7 Å². The van der Waals surface area contributed by atoms with Crippen LogP contribution in [0.2, 0.25) is 0 Å². The first-order chi connectivity index (χ1) is 32.6. The third kappa shape index (κ3) is 8.24. The minimum Gasteiger partial charge on any atom is -0.504 e. The van der Waals surface area contributed by atoms with Crippen LogP contribution in [0.25, 0.3) is 11.1 Å². The summed E-state index contributed by atoms with van der Waals surface area (Å²) in [5.74, 6) is 0.660. The maximum Gasteiger partial charge on any atom is 0.408 e. The Balaban J connectivity index is 1.04. The van der Waals surface area contributed by atoms with Crippen LogP contribution in [0.4, 0.5) is 9.59 Å². The Hall–Kier alpha value is -6.41. The van der Waals surface area contributed by atoms with Crippen molar-refractivity contribution in [2.24, 2.45) is 0 Å². The van der Waals surface area contributed by atoms with Gasteiger partial charge in [0.05, 0.1) is 25.3 Å². The highest BCUT2D eigenvalue weighted by Gasteiger charge is 2.57. The summed E-state index contributed by atoms with van der Waals surface area (Å²) in [4.78, 5) is 45.6. The summed E-state index contributed by atoms with van der Waals surface area (Å²) in [5.41, 5.74) is 7.95. The lowest BCUT2D eigenvalue weighted by Gasteiger charge is -2.59. The molecule has 1 aliphatic carbocycles. The number of piperazine rings is 1. The molecule has 0 spiro atoms. The predicted octanol–water partition coefficient (Wildman–Crippen LogP) is 8.20. The molecule has 15 nitrogen and oxygen atoms in total. The van der Waals surface area contributed by atoms with Crippen molar-refractivity contribution in [2.75, 3.05) is 46.5 Å². The number of alkyl carbamates (subject to hydrolysis) is 1. The summed E-state index contributed by atoms with van der Waals surface area (Å²) in [7, 11) is 3.50. The first kappa shape index (κ1) is 46.7. The fourth-order valence-electron chi connectivity index (χ4n) is 11.0. The number of nitriles is 1. The quantitative estimate of drug-likeness (QED) is 0.0788. The van der Waals surface area contributed by atoms with E-state index < -0.39 is 53.2 Å². The molecule has 16 heteroatoms. The number of nitrogens with zero attached hydrogens (tertiary/aromatic N) is 3. The molecule has 4 aromatic rings. The van der Waals surface area contributed by atoms with Crippen LogP contribution in [-0.2, 0) is 31.8 Å². The van der Waals surface area contributed by atoms with Gasteiger partial charge in [0.2, 0.25) is 6.79 Å². The van der Waals surface area contributed by atoms with Crippen LogP contribution in [-0.4, -0.2) is 109 Å². The number of carbonyl (C=O) groups excluding carboxylic acids is 3. The maximum atomic E-state index is 14.5. The first-order valence-electron chi connectivity index (χ1n) is 22.8. The van der Waals surface area contributed by atoms with E-state index >= 15 is 0 Å². The molecule has 6 atom stereocenters. The molecule has 1 amide bonds. The van der Waals surface area contributed by atoms with E-state index in [0.29, 0.717) is 47.0 Å². The fourth-order valence-corrected chi connectivity index (χ4v) is 11.7. The molecule has 0 radical (unpaired) electrons. The molecule has 0 saturated carbocycles. The summed E-state index contributed by atoms with van der Waals surface area (Å²) >= 11 is 0.742. The Morgan fingerprint density at radius 1 is 0.985 bits per heavy atom. The number of ether oxygens (including phenoxy) is 7. The molecule has 4 heterocycles. The van der Waals surface area contributed by atoms with E-state index in [-0.39, 0.29) is 50.1 Å². The molecule has 4 aliphatic heterocycles. The normalized spacial score (nSPS) is 21.4. The lowest BCUT2D eigenvalue weighted by Crippen LogP contribution is -2.68. The molecule has 68 heavy (non-hydrogen) atoms. The molecular formula is C52H56N4O11S. The summed E-state index contributed by atoms with van der Waals surface area (Å²) in [6.45, 7) is 12.7. The maximum absolute atomic E-state index is 14.5. The van der Waals surface area contributed by atoms with Gasteiger partial charge in [-0.25, -0.2) is 14.4 Å². The number of benzene rings is 4. The molecule has 0 unspecified atom stereocenters. The van der Waals surface area contributed by atoms with Crippen molar-refractivity contribution in [1.82, 2.24) is 15.1 Å². The van der Waals surface area contributed by atoms with E-state index in [1.54, 1.807) is 26.8 Å². The highest BCUT2D eigenvalue weighted by Crippen LogP contribution is 2.58. The van der Waals surface area contributed by atoms with Crippen LogP contribution in [0.15, 0.2) is 67.3 Å². The number of nitrogens with one attached hydrogen (secondary N) is 1. The van der Waals surface area contributed by atoms with Gasteiger partial charge in [-0.15, -0.1) is 0 Å². The van der Waals surface area contributed by atoms with Crippen molar-refractivity contribution < 1.29 is 52.6 Å². The molecule has 0 aromatic heterocycles. The monoisotopic (exact) mass is 944 g/mol. The number of phenols is 1. The molecular weight excluding hydrogens is 889 g/mol. The highest BCUT2D eigenvalue weighted by atomic mass is 32.2. The largest absolute Gasteiger partial charge is 0.504 e. The number of fused-ring (bicyclic) bond motifs is 12. The van der Waals surface area contributed by atoms with Crippen LogP contribution in [0.3, 0.4) is 0 Å². The van der Waals surface area contributed by atoms with E-state index in [0.717, 1.165) is 56.3 Å². The van der Waals surface area contributed by atoms with Gasteiger partial charge in [-0.05, 0) is 99.7 Å². The summed E-state index contributed by atoms with van der Waals surface area (Å²) in [6, 6.07) is 16.5. The number of carbonyl (C=O) groups is 3. The Kier molecular flexibility index (Phi) is 12.8. The second kappa shape index (κ2) is 18.6. The van der Waals surface area contributed by atoms with E-state index in [9.17, 15) is 24.8 Å². The summed E-state index contributed by atoms with van der Waals surface area (Å²) in [5, 5.41) is 25.1. The van der Waals surface area contributed by atoms with Gasteiger partial charge in [-0.1, -0.05) is 67.3 Å². The zero-order valence-electron chi connectivity index (χ0n) is 39.3. The van der Waals surface area contributed by atoms with E-state index in [1.165, 1.54) is 7.11 Å². The lowest BCUT2D eigenvalue weighted by atomic mass is 9.71. The number of hydrogen-bond acceptors (Lipinski definition) is 15. The average molecular weight is 945 g/mol. The van der Waals surface area contributed by atoms with Crippen molar-refractivity contribution in [3.8, 4) is 45.9 Å². The number of methoxy groups -OCH3 is 1. The number of phenolic OH excluding ortho intramolecular Hbond substituents is 1. The van der Waals surface area contributed by atoms with Gasteiger partial charge in [0, 0.05) is 46.0 Å². The molecule has 1 fully saturated rings. The SMILES string of the molecule is C=CCOc1c(C)c2c(c3c1C[C@H]1[C@H]4c5c(cc(C)c(OC)c5O)C[C@@H]([C@H](C#N)N1[C@H]3COC(=O)[C@H](CSC(=O)OCC1c3ccccc3-c3ccccc31)NC(=O)OC(C)(C)C)N4C)OCO2. The third-order valence-electron chi connectivity index (χ3n) is 13.7. The van der Waals surface area contributed by atoms with Gasteiger partial charge in [0.15, 0.2) is 23.0 Å². The number of aryl methyl sites for hydroxylation is 1. The topological polar surface area (TPSA) is 178 Å². The van der Waals surface area contributed by atoms with Crippen molar-refractivity contribution in [3.05, 3.63) is 112 Å². The summed E-state index contributed by atoms with van der Waals surface area (Å²) in [6.07, 6.45) is 1.59. The van der Waals surface area contributed by atoms with Crippen molar-refractivity contribution in [1.29, 1.82) is 5.26 Å². The number of thioether (sulfide) groups is 1. The Labute approximate surface area is 400 Å². The van der Waals surface area contributed by atoms with Crippen molar-refractivity contribution in [2.45, 2.75) is 95.2 Å². The van der Waals surface area contributed by atoms with Gasteiger partial charge in [0.25, 0.3) is 0 Å². The Morgan fingerprint density at radius 2 is 1.68 bits per heavy atom. The Morgan fingerprint density at radius 3 is 2.34 bits per heavy atom. The van der Waals surface area contributed by atoms with E-state index in [2.05, 4.69) is 39.9 Å². The molecule has 2 bridgehead atoms. The standard InChI is InChI=1S/C52H56N4O11S/c1-9-18-62-46-28(3)47-48(66-26-65-47)42-34(46)21-38-43-41-29(19-27(2)45(61-8)44(41)57)20-37(55(43)7)39(22-53)56(38)40(42)24-63-49(58)36(54-50(59)67-52(4,5)6)25-68-51(60)64-23-35-32-16-12-10-14-30(32)31-15-11-13-17-33(31)35/h9-17,19,35-40,43,57H,1,18,20-21,23-26H2,2-8H3,(H,54,59)/t36-,37-,38-,39-,40-,43-/m0/s1. The van der Waals surface area contributed by atoms with Crippen molar-refractivity contribution in [3.63, 3.8) is 0 Å². The third-order valence-corrected chi connectivity index (χ3v) is 14.5. The van der Waals surface area contributed by atoms with Gasteiger partial charge < -0.3 is 43.6 Å². The zero-order valence-corrected chi connectivity index (χ0v) is 40.1. The van der Waals surface area contributed by atoms with Crippen LogP contribution in [0.1, 0.15) is 83.3 Å².